The third kappa shape index (κ3) is 3.18. The Morgan fingerprint density at radius 3 is 2.71 bits per heavy atom. The molecule has 0 aliphatic heterocycles. The Labute approximate surface area is 144 Å². The summed E-state index contributed by atoms with van der Waals surface area (Å²) in [6, 6.07) is 5.38. The van der Waals surface area contributed by atoms with E-state index < -0.39 is 10.0 Å². The molecular formula is C14H15ClN6O2S. The van der Waals surface area contributed by atoms with Crippen LogP contribution in [-0.4, -0.2) is 51.4 Å². The van der Waals surface area contributed by atoms with Crippen LogP contribution in [0, 0.1) is 0 Å². The van der Waals surface area contributed by atoms with Crippen LogP contribution in [0.5, 0.6) is 0 Å². The van der Waals surface area contributed by atoms with Gasteiger partial charge in [-0.25, -0.2) is 22.4 Å². The first-order valence-electron chi connectivity index (χ1n) is 6.96. The molecule has 0 atom stereocenters. The topological polar surface area (TPSA) is 85.9 Å². The Morgan fingerprint density at radius 1 is 1.25 bits per heavy atom. The fourth-order valence-corrected chi connectivity index (χ4v) is 3.19. The third-order valence-electron chi connectivity index (χ3n) is 3.43. The van der Waals surface area contributed by atoms with Crippen LogP contribution in [0.2, 0.25) is 5.02 Å². The second kappa shape index (κ2) is 6.34. The summed E-state index contributed by atoms with van der Waals surface area (Å²) in [6.45, 7) is 0.370. The lowest BCUT2D eigenvalue weighted by Gasteiger charge is -2.10. The minimum absolute atomic E-state index is 0.142. The van der Waals surface area contributed by atoms with E-state index in [0.29, 0.717) is 11.6 Å². The minimum Gasteiger partial charge on any atom is -0.267 e. The molecule has 0 N–H and O–H groups in total. The van der Waals surface area contributed by atoms with Crippen LogP contribution < -0.4 is 0 Å². The maximum atomic E-state index is 12.1. The molecule has 2 heterocycles. The number of benzene rings is 1. The fourth-order valence-electron chi connectivity index (χ4n) is 2.17. The van der Waals surface area contributed by atoms with Crippen molar-refractivity contribution < 1.29 is 8.42 Å². The van der Waals surface area contributed by atoms with Gasteiger partial charge in [-0.2, -0.15) is 10.2 Å². The molecule has 3 aromatic rings. The molecule has 0 aliphatic carbocycles. The van der Waals surface area contributed by atoms with Gasteiger partial charge >= 0.3 is 0 Å². The molecule has 0 amide bonds. The highest BCUT2D eigenvalue weighted by Crippen LogP contribution is 2.21. The largest absolute Gasteiger partial charge is 0.267 e. The quantitative estimate of drug-likeness (QED) is 0.681. The van der Waals surface area contributed by atoms with Crippen molar-refractivity contribution >= 4 is 21.6 Å². The van der Waals surface area contributed by atoms with Crippen molar-refractivity contribution in [3.05, 3.63) is 53.8 Å². The Kier molecular flexibility index (Phi) is 4.39. The average molecular weight is 367 g/mol. The van der Waals surface area contributed by atoms with Crippen molar-refractivity contribution in [2.24, 2.45) is 0 Å². The van der Waals surface area contributed by atoms with Gasteiger partial charge in [0.15, 0.2) is 0 Å². The molecule has 0 aliphatic rings. The van der Waals surface area contributed by atoms with Crippen LogP contribution in [0.3, 0.4) is 0 Å². The zero-order valence-electron chi connectivity index (χ0n) is 13.0. The normalized spacial score (nSPS) is 12.0. The predicted octanol–water partition coefficient (Wildman–Crippen LogP) is 1.42. The van der Waals surface area contributed by atoms with Gasteiger partial charge in [0.25, 0.3) is 0 Å². The highest BCUT2D eigenvalue weighted by Gasteiger charge is 2.19. The van der Waals surface area contributed by atoms with Gasteiger partial charge in [-0.3, -0.25) is 4.68 Å². The monoisotopic (exact) mass is 366 g/mol. The van der Waals surface area contributed by atoms with Crippen LogP contribution in [-0.2, 0) is 16.6 Å². The van der Waals surface area contributed by atoms with Crippen molar-refractivity contribution in [1.82, 2.24) is 28.9 Å². The van der Waals surface area contributed by atoms with E-state index in [-0.39, 0.29) is 4.90 Å². The maximum Gasteiger partial charge on any atom is 0.245 e. The third-order valence-corrected chi connectivity index (χ3v) is 5.44. The Morgan fingerprint density at radius 2 is 2.04 bits per heavy atom. The van der Waals surface area contributed by atoms with E-state index in [4.69, 9.17) is 11.6 Å². The van der Waals surface area contributed by atoms with Crippen LogP contribution in [0.4, 0.5) is 0 Å². The number of hydrogen-bond acceptors (Lipinski definition) is 5. The first kappa shape index (κ1) is 16.6. The van der Waals surface area contributed by atoms with Gasteiger partial charge < -0.3 is 0 Å². The lowest BCUT2D eigenvalue weighted by atomic mass is 10.2. The van der Waals surface area contributed by atoms with Crippen LogP contribution >= 0.6 is 11.6 Å². The number of hydrogen-bond donors (Lipinski definition) is 0. The molecule has 0 spiro atoms. The van der Waals surface area contributed by atoms with Gasteiger partial charge in [-0.05, 0) is 17.7 Å². The SMILES string of the molecule is CN(C)S(=O)(=O)c1cnn(Cc2ccc(Cl)cc2-n2cncn2)c1. The van der Waals surface area contributed by atoms with E-state index in [0.717, 1.165) is 15.6 Å². The van der Waals surface area contributed by atoms with Crippen molar-refractivity contribution in [3.63, 3.8) is 0 Å². The van der Waals surface area contributed by atoms with Crippen molar-refractivity contribution in [3.8, 4) is 5.69 Å². The first-order valence-corrected chi connectivity index (χ1v) is 8.78. The minimum atomic E-state index is -3.51. The molecule has 0 fully saturated rings. The zero-order valence-corrected chi connectivity index (χ0v) is 14.6. The van der Waals surface area contributed by atoms with E-state index in [9.17, 15) is 8.42 Å². The Hall–Kier alpha value is -2.23. The van der Waals surface area contributed by atoms with Gasteiger partial charge in [0, 0.05) is 25.3 Å². The lowest BCUT2D eigenvalue weighted by molar-refractivity contribution is 0.520. The predicted molar refractivity (Wildman–Crippen MR) is 88.6 cm³/mol. The molecule has 0 bridgehead atoms. The van der Waals surface area contributed by atoms with E-state index in [2.05, 4.69) is 15.2 Å². The van der Waals surface area contributed by atoms with E-state index in [1.165, 1.54) is 32.8 Å². The molecule has 10 heteroatoms. The second-order valence-electron chi connectivity index (χ2n) is 5.27. The van der Waals surface area contributed by atoms with E-state index in [1.807, 2.05) is 6.07 Å². The molecule has 0 radical (unpaired) electrons. The lowest BCUT2D eigenvalue weighted by Crippen LogP contribution is -2.21. The number of rotatable bonds is 5. The Bertz CT molecular complexity index is 950. The van der Waals surface area contributed by atoms with Gasteiger partial charge in [0.1, 0.15) is 17.6 Å². The van der Waals surface area contributed by atoms with Gasteiger partial charge in [0.2, 0.25) is 10.0 Å². The van der Waals surface area contributed by atoms with Crippen molar-refractivity contribution in [2.45, 2.75) is 11.4 Å². The summed E-state index contributed by atoms with van der Waals surface area (Å²) >= 11 is 6.07. The molecule has 1 aromatic carbocycles. The molecular weight excluding hydrogens is 352 g/mol. The summed E-state index contributed by atoms with van der Waals surface area (Å²) in [5.41, 5.74) is 1.63. The molecule has 8 nitrogen and oxygen atoms in total. The van der Waals surface area contributed by atoms with Crippen LogP contribution in [0.25, 0.3) is 5.69 Å². The smallest absolute Gasteiger partial charge is 0.245 e. The first-order chi connectivity index (χ1) is 11.4. The van der Waals surface area contributed by atoms with Crippen LogP contribution in [0.15, 0.2) is 48.1 Å². The molecule has 3 rings (SSSR count). The summed E-state index contributed by atoms with van der Waals surface area (Å²) in [6.07, 6.45) is 5.83. The van der Waals surface area contributed by atoms with E-state index in [1.54, 1.807) is 27.8 Å². The molecule has 0 unspecified atom stereocenters. The molecule has 0 saturated heterocycles. The summed E-state index contributed by atoms with van der Waals surface area (Å²) in [7, 11) is -0.545. The summed E-state index contributed by atoms with van der Waals surface area (Å²) in [4.78, 5) is 4.08. The summed E-state index contributed by atoms with van der Waals surface area (Å²) in [5, 5.41) is 8.82. The van der Waals surface area contributed by atoms with Gasteiger partial charge in [0.05, 0.1) is 18.4 Å². The molecule has 0 saturated carbocycles. The number of nitrogens with zero attached hydrogens (tertiary/aromatic N) is 6. The summed E-state index contributed by atoms with van der Waals surface area (Å²) < 4.78 is 28.6. The number of sulfonamides is 1. The maximum absolute atomic E-state index is 12.1. The van der Waals surface area contributed by atoms with Crippen molar-refractivity contribution in [1.29, 1.82) is 0 Å². The van der Waals surface area contributed by atoms with Crippen LogP contribution in [0.1, 0.15) is 5.56 Å². The van der Waals surface area contributed by atoms with Gasteiger partial charge in [-0.1, -0.05) is 17.7 Å². The number of aromatic nitrogens is 5. The molecule has 24 heavy (non-hydrogen) atoms. The average Bonchev–Trinajstić information content (AvgIpc) is 3.20. The standard InChI is InChI=1S/C14H15ClN6O2S/c1-19(2)24(22,23)13-6-17-20(8-13)7-11-3-4-12(15)5-14(11)21-10-16-9-18-21/h3-6,8-10H,7H2,1-2H3. The van der Waals surface area contributed by atoms with E-state index >= 15 is 0 Å². The fraction of sp³-hybridized carbons (Fsp3) is 0.214. The number of halogens is 1. The zero-order chi connectivity index (χ0) is 17.3. The Balaban J connectivity index is 1.95. The van der Waals surface area contributed by atoms with Gasteiger partial charge in [-0.15, -0.1) is 0 Å². The van der Waals surface area contributed by atoms with Crippen molar-refractivity contribution in [2.75, 3.05) is 14.1 Å². The molecule has 126 valence electrons. The highest BCUT2D eigenvalue weighted by molar-refractivity contribution is 7.89. The summed E-state index contributed by atoms with van der Waals surface area (Å²) in [5.74, 6) is 0. The molecule has 2 aromatic heterocycles. The highest BCUT2D eigenvalue weighted by atomic mass is 35.5. The second-order valence-corrected chi connectivity index (χ2v) is 7.86.